The van der Waals surface area contributed by atoms with Crippen molar-refractivity contribution in [2.45, 2.75) is 19.3 Å². The van der Waals surface area contributed by atoms with Crippen molar-refractivity contribution in [3.05, 3.63) is 22.5 Å². The molecular weight excluding hydrogens is 245 g/mol. The minimum Gasteiger partial charge on any atom is -0.489 e. The van der Waals surface area contributed by atoms with E-state index < -0.39 is 5.82 Å². The van der Waals surface area contributed by atoms with Crippen LogP contribution in [0.15, 0.2) is 6.07 Å². The SMILES string of the molecule is CC(CN)c1c(F)c(Cl)cc2c1OCCCO2. The predicted octanol–water partition coefficient (Wildman–Crippen LogP) is 2.70. The molecule has 1 heterocycles. The number of ether oxygens (including phenoxy) is 2. The van der Waals surface area contributed by atoms with E-state index in [0.29, 0.717) is 36.8 Å². The van der Waals surface area contributed by atoms with Crippen LogP contribution in [0.2, 0.25) is 5.02 Å². The normalized spacial score (nSPS) is 16.5. The van der Waals surface area contributed by atoms with Crippen molar-refractivity contribution < 1.29 is 13.9 Å². The average Bonchev–Trinajstić information content (AvgIpc) is 2.55. The first-order valence-corrected chi connectivity index (χ1v) is 6.00. The maximum Gasteiger partial charge on any atom is 0.167 e. The molecule has 1 aromatic rings. The van der Waals surface area contributed by atoms with E-state index in [9.17, 15) is 4.39 Å². The zero-order valence-electron chi connectivity index (χ0n) is 9.63. The Hall–Kier alpha value is -1.00. The number of rotatable bonds is 2. The molecule has 0 amide bonds. The van der Waals surface area contributed by atoms with Crippen LogP contribution in [-0.4, -0.2) is 19.8 Å². The molecule has 0 bridgehead atoms. The molecule has 5 heteroatoms. The third kappa shape index (κ3) is 2.33. The van der Waals surface area contributed by atoms with Crippen LogP contribution in [0.25, 0.3) is 0 Å². The zero-order chi connectivity index (χ0) is 12.4. The third-order valence-electron chi connectivity index (χ3n) is 2.81. The van der Waals surface area contributed by atoms with Crippen LogP contribution in [0, 0.1) is 5.82 Å². The van der Waals surface area contributed by atoms with Crippen molar-refractivity contribution in [1.29, 1.82) is 0 Å². The molecule has 0 fully saturated rings. The number of fused-ring (bicyclic) bond motifs is 1. The highest BCUT2D eigenvalue weighted by atomic mass is 35.5. The minimum atomic E-state index is -0.464. The van der Waals surface area contributed by atoms with Gasteiger partial charge in [0.1, 0.15) is 5.82 Å². The van der Waals surface area contributed by atoms with Gasteiger partial charge in [-0.3, -0.25) is 0 Å². The Morgan fingerprint density at radius 1 is 1.47 bits per heavy atom. The molecule has 0 saturated heterocycles. The van der Waals surface area contributed by atoms with Crippen molar-refractivity contribution in [1.82, 2.24) is 0 Å². The Labute approximate surface area is 105 Å². The molecule has 94 valence electrons. The van der Waals surface area contributed by atoms with Gasteiger partial charge in [-0.05, 0) is 6.54 Å². The van der Waals surface area contributed by atoms with Gasteiger partial charge >= 0.3 is 0 Å². The fourth-order valence-electron chi connectivity index (χ4n) is 1.83. The minimum absolute atomic E-state index is 0.0459. The van der Waals surface area contributed by atoms with E-state index in [1.807, 2.05) is 6.92 Å². The van der Waals surface area contributed by atoms with Gasteiger partial charge in [-0.2, -0.15) is 0 Å². The van der Waals surface area contributed by atoms with Gasteiger partial charge in [0, 0.05) is 24.0 Å². The summed E-state index contributed by atoms with van der Waals surface area (Å²) in [4.78, 5) is 0. The van der Waals surface area contributed by atoms with Crippen LogP contribution in [0.1, 0.15) is 24.8 Å². The summed E-state index contributed by atoms with van der Waals surface area (Å²) < 4.78 is 25.1. The molecule has 1 aliphatic heterocycles. The van der Waals surface area contributed by atoms with E-state index in [-0.39, 0.29) is 10.9 Å². The quantitative estimate of drug-likeness (QED) is 0.888. The van der Waals surface area contributed by atoms with Gasteiger partial charge in [-0.15, -0.1) is 0 Å². The Kier molecular flexibility index (Phi) is 3.74. The molecule has 0 radical (unpaired) electrons. The lowest BCUT2D eigenvalue weighted by Gasteiger charge is -2.18. The molecule has 2 N–H and O–H groups in total. The lowest BCUT2D eigenvalue weighted by molar-refractivity contribution is 0.295. The molecule has 0 aliphatic carbocycles. The van der Waals surface area contributed by atoms with Crippen LogP contribution >= 0.6 is 11.6 Å². The molecule has 1 aliphatic rings. The topological polar surface area (TPSA) is 44.5 Å². The standard InChI is InChI=1S/C12H15ClFNO2/c1-7(6-15)10-11(14)8(13)5-9-12(10)17-4-2-3-16-9/h5,7H,2-4,6,15H2,1H3. The summed E-state index contributed by atoms with van der Waals surface area (Å²) in [5.74, 6) is 0.324. The number of nitrogens with two attached hydrogens (primary N) is 1. The maximum atomic E-state index is 14.0. The monoisotopic (exact) mass is 259 g/mol. The van der Waals surface area contributed by atoms with Gasteiger partial charge in [0.15, 0.2) is 11.5 Å². The summed E-state index contributed by atoms with van der Waals surface area (Å²) in [5.41, 5.74) is 6.00. The molecule has 1 aromatic carbocycles. The van der Waals surface area contributed by atoms with Gasteiger partial charge in [0.05, 0.1) is 18.2 Å². The second-order valence-corrected chi connectivity index (χ2v) is 4.51. The van der Waals surface area contributed by atoms with E-state index in [1.54, 1.807) is 0 Å². The Morgan fingerprint density at radius 2 is 2.18 bits per heavy atom. The summed E-state index contributed by atoms with van der Waals surface area (Å²) in [6.07, 6.45) is 0.768. The Bertz CT molecular complexity index is 425. The van der Waals surface area contributed by atoms with Crippen molar-refractivity contribution >= 4 is 11.6 Å². The largest absolute Gasteiger partial charge is 0.489 e. The maximum absolute atomic E-state index is 14.0. The number of benzene rings is 1. The fourth-order valence-corrected chi connectivity index (χ4v) is 2.04. The number of halogens is 2. The zero-order valence-corrected chi connectivity index (χ0v) is 10.4. The molecule has 0 saturated carbocycles. The smallest absolute Gasteiger partial charge is 0.167 e. The molecular formula is C12H15ClFNO2. The first-order chi connectivity index (χ1) is 8.15. The summed E-state index contributed by atoms with van der Waals surface area (Å²) in [5, 5.41) is 0.0459. The first kappa shape index (κ1) is 12.5. The number of hydrogen-bond acceptors (Lipinski definition) is 3. The van der Waals surface area contributed by atoms with Crippen LogP contribution < -0.4 is 15.2 Å². The van der Waals surface area contributed by atoms with Gasteiger partial charge in [-0.25, -0.2) is 4.39 Å². The average molecular weight is 260 g/mol. The fraction of sp³-hybridized carbons (Fsp3) is 0.500. The Balaban J connectivity index is 2.57. The molecule has 0 spiro atoms. The van der Waals surface area contributed by atoms with Crippen molar-refractivity contribution in [2.75, 3.05) is 19.8 Å². The molecule has 1 atom stereocenters. The van der Waals surface area contributed by atoms with E-state index in [1.165, 1.54) is 6.07 Å². The van der Waals surface area contributed by atoms with E-state index in [0.717, 1.165) is 6.42 Å². The summed E-state index contributed by atoms with van der Waals surface area (Å²) in [6.45, 7) is 3.22. The second-order valence-electron chi connectivity index (χ2n) is 4.10. The lowest BCUT2D eigenvalue weighted by Crippen LogP contribution is -2.13. The van der Waals surface area contributed by atoms with Gasteiger partial charge in [0.25, 0.3) is 0 Å². The van der Waals surface area contributed by atoms with E-state index in [4.69, 9.17) is 26.8 Å². The molecule has 1 unspecified atom stereocenters. The van der Waals surface area contributed by atoms with Crippen LogP contribution in [-0.2, 0) is 0 Å². The third-order valence-corrected chi connectivity index (χ3v) is 3.09. The molecule has 17 heavy (non-hydrogen) atoms. The summed E-state index contributed by atoms with van der Waals surface area (Å²) in [6, 6.07) is 1.46. The van der Waals surface area contributed by atoms with E-state index in [2.05, 4.69) is 0 Å². The highest BCUT2D eigenvalue weighted by Crippen LogP contribution is 2.42. The van der Waals surface area contributed by atoms with Crippen molar-refractivity contribution in [3.63, 3.8) is 0 Å². The van der Waals surface area contributed by atoms with Crippen molar-refractivity contribution in [2.24, 2.45) is 5.73 Å². The highest BCUT2D eigenvalue weighted by Gasteiger charge is 2.24. The highest BCUT2D eigenvalue weighted by molar-refractivity contribution is 6.31. The van der Waals surface area contributed by atoms with Gasteiger partial charge in [0.2, 0.25) is 0 Å². The molecule has 2 rings (SSSR count). The molecule has 3 nitrogen and oxygen atoms in total. The first-order valence-electron chi connectivity index (χ1n) is 5.62. The van der Waals surface area contributed by atoms with Gasteiger partial charge < -0.3 is 15.2 Å². The van der Waals surface area contributed by atoms with Gasteiger partial charge in [-0.1, -0.05) is 18.5 Å². The van der Waals surface area contributed by atoms with Crippen LogP contribution in [0.3, 0.4) is 0 Å². The summed E-state index contributed by atoms with van der Waals surface area (Å²) >= 11 is 5.85. The van der Waals surface area contributed by atoms with E-state index >= 15 is 0 Å². The van der Waals surface area contributed by atoms with Crippen LogP contribution in [0.4, 0.5) is 4.39 Å². The van der Waals surface area contributed by atoms with Crippen LogP contribution in [0.5, 0.6) is 11.5 Å². The summed E-state index contributed by atoms with van der Waals surface area (Å²) in [7, 11) is 0. The lowest BCUT2D eigenvalue weighted by atomic mass is 9.99. The Morgan fingerprint density at radius 3 is 2.88 bits per heavy atom. The molecule has 0 aromatic heterocycles. The number of hydrogen-bond donors (Lipinski definition) is 1. The predicted molar refractivity (Wildman–Crippen MR) is 64.5 cm³/mol. The van der Waals surface area contributed by atoms with Crippen molar-refractivity contribution in [3.8, 4) is 11.5 Å². The second kappa shape index (κ2) is 5.10.